The summed E-state index contributed by atoms with van der Waals surface area (Å²) in [4.78, 5) is 30.4. The van der Waals surface area contributed by atoms with Crippen LogP contribution in [0.15, 0.2) is 25.3 Å². The number of carbonyl (C=O) groups is 2. The molecule has 0 amide bonds. The zero-order chi connectivity index (χ0) is 16.1. The maximum Gasteiger partial charge on any atom is 0.330 e. The first-order valence-electron chi connectivity index (χ1n) is 6.71. The number of hydrogen-bond acceptors (Lipinski definition) is 6. The Morgan fingerprint density at radius 3 is 1.67 bits per heavy atom. The van der Waals surface area contributed by atoms with Crippen LogP contribution in [0, 0.1) is 17.2 Å². The molecule has 0 heterocycles. The van der Waals surface area contributed by atoms with Gasteiger partial charge in [-0.05, 0) is 24.7 Å². The lowest BCUT2D eigenvalue weighted by molar-refractivity contribution is -0.144. The van der Waals surface area contributed by atoms with Crippen molar-refractivity contribution in [1.29, 1.82) is 5.41 Å². The van der Waals surface area contributed by atoms with Gasteiger partial charge < -0.3 is 9.47 Å². The summed E-state index contributed by atoms with van der Waals surface area (Å²) in [6, 6.07) is 0. The molecule has 6 heteroatoms. The van der Waals surface area contributed by atoms with Gasteiger partial charge in [0.25, 0.3) is 0 Å². The molecule has 0 aromatic heterocycles. The first-order valence-corrected chi connectivity index (χ1v) is 6.71. The second-order valence-electron chi connectivity index (χ2n) is 4.58. The van der Waals surface area contributed by atoms with Crippen molar-refractivity contribution < 1.29 is 23.9 Å². The molecular formula is C15H21NO5. The molecule has 1 aliphatic carbocycles. The second kappa shape index (κ2) is 11.6. The number of ether oxygens (including phenoxy) is 2. The van der Waals surface area contributed by atoms with Gasteiger partial charge in [0.15, 0.2) is 0 Å². The lowest BCUT2D eigenvalue weighted by Gasteiger charge is -2.30. The molecule has 2 unspecified atom stereocenters. The van der Waals surface area contributed by atoms with E-state index in [1.165, 1.54) is 0 Å². The molecule has 116 valence electrons. The third kappa shape index (κ3) is 8.55. The molecule has 0 aliphatic heterocycles. The summed E-state index contributed by atoms with van der Waals surface area (Å²) in [5.41, 5.74) is 0. The predicted molar refractivity (Wildman–Crippen MR) is 76.2 cm³/mol. The van der Waals surface area contributed by atoms with Crippen LogP contribution in [0.1, 0.15) is 25.7 Å². The molecule has 21 heavy (non-hydrogen) atoms. The van der Waals surface area contributed by atoms with Gasteiger partial charge in [0, 0.05) is 12.2 Å². The van der Waals surface area contributed by atoms with E-state index in [4.69, 9.17) is 19.7 Å². The van der Waals surface area contributed by atoms with E-state index in [0.29, 0.717) is 13.2 Å². The Labute approximate surface area is 124 Å². The Kier molecular flexibility index (Phi) is 10.4. The number of rotatable bonds is 6. The van der Waals surface area contributed by atoms with Gasteiger partial charge in [-0.1, -0.05) is 26.0 Å². The van der Waals surface area contributed by atoms with Gasteiger partial charge in [-0.25, -0.2) is 19.8 Å². The molecular weight excluding hydrogens is 274 g/mol. The van der Waals surface area contributed by atoms with Crippen LogP contribution in [0.25, 0.3) is 0 Å². The van der Waals surface area contributed by atoms with Crippen LogP contribution >= 0.6 is 0 Å². The third-order valence-electron chi connectivity index (χ3n) is 3.28. The van der Waals surface area contributed by atoms with Crippen LogP contribution in [0.2, 0.25) is 0 Å². The summed E-state index contributed by atoms with van der Waals surface area (Å²) < 4.78 is 10.2. The fourth-order valence-electron chi connectivity index (χ4n) is 2.22. The first kappa shape index (κ1) is 18.8. The molecule has 0 aromatic carbocycles. The Morgan fingerprint density at radius 1 is 1.05 bits per heavy atom. The SMILES string of the molecule is C=CC(=O)OCC1CCCCC1COC(=O)C=C.N=C=O. The van der Waals surface area contributed by atoms with E-state index in [0.717, 1.165) is 43.9 Å². The topological polar surface area (TPSA) is 93.5 Å². The highest BCUT2D eigenvalue weighted by Crippen LogP contribution is 2.30. The summed E-state index contributed by atoms with van der Waals surface area (Å²) in [5, 5.41) is 5.40. The van der Waals surface area contributed by atoms with E-state index < -0.39 is 11.9 Å². The highest BCUT2D eigenvalue weighted by atomic mass is 16.5. The van der Waals surface area contributed by atoms with Gasteiger partial charge in [0.1, 0.15) is 0 Å². The number of hydrogen-bond donors (Lipinski definition) is 1. The average molecular weight is 295 g/mol. The van der Waals surface area contributed by atoms with E-state index in [1.807, 2.05) is 0 Å². The van der Waals surface area contributed by atoms with Gasteiger partial charge in [0.05, 0.1) is 13.2 Å². The second-order valence-corrected chi connectivity index (χ2v) is 4.58. The maximum atomic E-state index is 11.0. The molecule has 0 saturated heterocycles. The quantitative estimate of drug-likeness (QED) is 0.351. The zero-order valence-electron chi connectivity index (χ0n) is 12.0. The smallest absolute Gasteiger partial charge is 0.330 e. The van der Waals surface area contributed by atoms with Crippen LogP contribution in [0.5, 0.6) is 0 Å². The van der Waals surface area contributed by atoms with Crippen molar-refractivity contribution in [3.63, 3.8) is 0 Å². The Morgan fingerprint density at radius 2 is 1.38 bits per heavy atom. The monoisotopic (exact) mass is 295 g/mol. The summed E-state index contributed by atoms with van der Waals surface area (Å²) in [7, 11) is 0. The van der Waals surface area contributed by atoms with Gasteiger partial charge in [-0.15, -0.1) is 0 Å². The number of isocyanates is 1. The molecule has 0 bridgehead atoms. The van der Waals surface area contributed by atoms with Gasteiger partial charge in [0.2, 0.25) is 6.08 Å². The Bertz CT molecular complexity index is 367. The molecule has 0 aromatic rings. The maximum absolute atomic E-state index is 11.0. The van der Waals surface area contributed by atoms with E-state index in [9.17, 15) is 9.59 Å². The number of esters is 2. The van der Waals surface area contributed by atoms with Crippen LogP contribution in [0.4, 0.5) is 0 Å². The molecule has 2 atom stereocenters. The van der Waals surface area contributed by atoms with Crippen molar-refractivity contribution in [2.24, 2.45) is 11.8 Å². The summed E-state index contributed by atoms with van der Waals surface area (Å²) in [6.07, 6.45) is 7.33. The van der Waals surface area contributed by atoms with Crippen LogP contribution in [0.3, 0.4) is 0 Å². The fourth-order valence-corrected chi connectivity index (χ4v) is 2.22. The molecule has 1 aliphatic rings. The van der Waals surface area contributed by atoms with Crippen LogP contribution < -0.4 is 0 Å². The molecule has 1 N–H and O–H groups in total. The molecule has 1 rings (SSSR count). The molecule has 0 radical (unpaired) electrons. The van der Waals surface area contributed by atoms with Crippen molar-refractivity contribution in [3.05, 3.63) is 25.3 Å². The van der Waals surface area contributed by atoms with Gasteiger partial charge >= 0.3 is 11.9 Å². The normalized spacial score (nSPS) is 20.0. The largest absolute Gasteiger partial charge is 0.462 e. The summed E-state index contributed by atoms with van der Waals surface area (Å²) in [6.45, 7) is 7.47. The third-order valence-corrected chi connectivity index (χ3v) is 3.28. The highest BCUT2D eigenvalue weighted by Gasteiger charge is 2.27. The molecule has 0 spiro atoms. The van der Waals surface area contributed by atoms with Crippen LogP contribution in [-0.2, 0) is 23.9 Å². The number of nitrogens with one attached hydrogen (secondary N) is 1. The number of carbonyl (C=O) groups excluding carboxylic acids is 3. The summed E-state index contributed by atoms with van der Waals surface area (Å²) in [5.74, 6) is -0.273. The van der Waals surface area contributed by atoms with E-state index in [2.05, 4.69) is 13.2 Å². The van der Waals surface area contributed by atoms with Gasteiger partial charge in [-0.3, -0.25) is 0 Å². The van der Waals surface area contributed by atoms with Gasteiger partial charge in [-0.2, -0.15) is 0 Å². The minimum atomic E-state index is -0.401. The lowest BCUT2D eigenvalue weighted by Crippen LogP contribution is -2.29. The van der Waals surface area contributed by atoms with Crippen molar-refractivity contribution in [1.82, 2.24) is 0 Å². The van der Waals surface area contributed by atoms with Crippen molar-refractivity contribution >= 4 is 18.0 Å². The Hall–Kier alpha value is -2.20. The minimum Gasteiger partial charge on any atom is -0.462 e. The zero-order valence-corrected chi connectivity index (χ0v) is 12.0. The molecule has 1 fully saturated rings. The molecule has 6 nitrogen and oxygen atoms in total. The fraction of sp³-hybridized carbons (Fsp3) is 0.533. The average Bonchev–Trinajstić information content (AvgIpc) is 2.51. The van der Waals surface area contributed by atoms with Crippen molar-refractivity contribution in [3.8, 4) is 0 Å². The van der Waals surface area contributed by atoms with E-state index >= 15 is 0 Å². The first-order chi connectivity index (χ1) is 10.1. The van der Waals surface area contributed by atoms with E-state index in [-0.39, 0.29) is 11.8 Å². The minimum absolute atomic E-state index is 0.264. The standard InChI is InChI=1S/C14H20O4.CHNO/c1-3-13(15)17-9-11-7-5-6-8-12(11)10-18-14(16)4-2;2-1-3/h3-4,11-12H,1-2,5-10H2;2H. The highest BCUT2D eigenvalue weighted by molar-refractivity contribution is 5.81. The Balaban J connectivity index is 0.00000122. The lowest BCUT2D eigenvalue weighted by atomic mass is 9.80. The molecule has 1 saturated carbocycles. The summed E-state index contributed by atoms with van der Waals surface area (Å²) >= 11 is 0. The van der Waals surface area contributed by atoms with E-state index in [1.54, 1.807) is 0 Å². The predicted octanol–water partition coefficient (Wildman–Crippen LogP) is 2.15. The van der Waals surface area contributed by atoms with Crippen molar-refractivity contribution in [2.75, 3.05) is 13.2 Å². The van der Waals surface area contributed by atoms with Crippen molar-refractivity contribution in [2.45, 2.75) is 25.7 Å². The van der Waals surface area contributed by atoms with Crippen LogP contribution in [-0.4, -0.2) is 31.2 Å².